The van der Waals surface area contributed by atoms with Crippen molar-refractivity contribution in [2.75, 3.05) is 6.61 Å². The van der Waals surface area contributed by atoms with Gasteiger partial charge in [-0.3, -0.25) is 0 Å². The molecule has 14 heavy (non-hydrogen) atoms. The normalized spacial score (nSPS) is 20.4. The van der Waals surface area contributed by atoms with Crippen LogP contribution in [0.1, 0.15) is 11.6 Å². The highest BCUT2D eigenvalue weighted by Crippen LogP contribution is 2.28. The van der Waals surface area contributed by atoms with Crippen LogP contribution < -0.4 is 5.32 Å². The van der Waals surface area contributed by atoms with Gasteiger partial charge in [-0.05, 0) is 23.8 Å². The molecule has 74 valence electrons. The molecule has 2 rings (SSSR count). The molecule has 1 fully saturated rings. The predicted molar refractivity (Wildman–Crippen MR) is 53.7 cm³/mol. The fourth-order valence-corrected chi connectivity index (χ4v) is 1.76. The molecule has 1 N–H and O–H groups in total. The lowest BCUT2D eigenvalue weighted by Crippen LogP contribution is -2.18. The maximum Gasteiger partial charge on any atom is 0.407 e. The Morgan fingerprint density at radius 2 is 2.21 bits per heavy atom. The standard InChI is InChI=1S/C9H7Cl2NO2/c10-5-1-2-7(11)6(3-5)8-4-14-9(13)12-8/h1-3,8H,4H2,(H,12,13)/t8-/m1/s1. The van der Waals surface area contributed by atoms with Crippen LogP contribution in [0.15, 0.2) is 18.2 Å². The van der Waals surface area contributed by atoms with Gasteiger partial charge in [-0.15, -0.1) is 0 Å². The lowest BCUT2D eigenvalue weighted by Gasteiger charge is -2.09. The number of benzene rings is 1. The van der Waals surface area contributed by atoms with Crippen LogP contribution in [0.5, 0.6) is 0 Å². The summed E-state index contributed by atoms with van der Waals surface area (Å²) in [6.07, 6.45) is -0.425. The van der Waals surface area contributed by atoms with E-state index in [2.05, 4.69) is 5.32 Å². The number of carbonyl (C=O) groups is 1. The Balaban J connectivity index is 2.31. The van der Waals surface area contributed by atoms with Crippen molar-refractivity contribution in [3.05, 3.63) is 33.8 Å². The maximum atomic E-state index is 10.8. The fraction of sp³-hybridized carbons (Fsp3) is 0.222. The number of rotatable bonds is 1. The second-order valence-electron chi connectivity index (χ2n) is 2.96. The van der Waals surface area contributed by atoms with Crippen LogP contribution in [-0.4, -0.2) is 12.7 Å². The van der Waals surface area contributed by atoms with Crippen molar-refractivity contribution >= 4 is 29.3 Å². The van der Waals surface area contributed by atoms with Crippen molar-refractivity contribution in [2.45, 2.75) is 6.04 Å². The molecular formula is C9H7Cl2NO2. The van der Waals surface area contributed by atoms with E-state index in [1.54, 1.807) is 18.2 Å². The van der Waals surface area contributed by atoms with Crippen LogP contribution in [0.25, 0.3) is 0 Å². The van der Waals surface area contributed by atoms with E-state index in [4.69, 9.17) is 27.9 Å². The van der Waals surface area contributed by atoms with E-state index in [1.165, 1.54) is 0 Å². The lowest BCUT2D eigenvalue weighted by molar-refractivity contribution is 0.177. The largest absolute Gasteiger partial charge is 0.447 e. The number of alkyl carbamates (subject to hydrolysis) is 1. The van der Waals surface area contributed by atoms with Gasteiger partial charge in [0.25, 0.3) is 0 Å². The van der Waals surface area contributed by atoms with Crippen LogP contribution in [0.3, 0.4) is 0 Å². The summed E-state index contributed by atoms with van der Waals surface area (Å²) in [6.45, 7) is 0.291. The minimum absolute atomic E-state index is 0.200. The molecule has 1 aliphatic rings. The number of hydrogen-bond donors (Lipinski definition) is 1. The van der Waals surface area contributed by atoms with Crippen molar-refractivity contribution in [1.82, 2.24) is 5.32 Å². The average molecular weight is 232 g/mol. The zero-order chi connectivity index (χ0) is 10.1. The van der Waals surface area contributed by atoms with E-state index in [0.29, 0.717) is 16.7 Å². The third-order valence-corrected chi connectivity index (χ3v) is 2.59. The summed E-state index contributed by atoms with van der Waals surface area (Å²) in [6, 6.07) is 4.92. The number of amides is 1. The van der Waals surface area contributed by atoms with Gasteiger partial charge in [-0.1, -0.05) is 23.2 Å². The average Bonchev–Trinajstić information content (AvgIpc) is 2.56. The first-order valence-corrected chi connectivity index (χ1v) is 4.80. The minimum Gasteiger partial charge on any atom is -0.447 e. The van der Waals surface area contributed by atoms with Gasteiger partial charge in [0.2, 0.25) is 0 Å². The summed E-state index contributed by atoms with van der Waals surface area (Å²) in [7, 11) is 0. The molecule has 1 aromatic rings. The molecule has 1 aromatic carbocycles. The van der Waals surface area contributed by atoms with Gasteiger partial charge >= 0.3 is 6.09 Å². The molecule has 5 heteroatoms. The smallest absolute Gasteiger partial charge is 0.407 e. The molecule has 3 nitrogen and oxygen atoms in total. The zero-order valence-electron chi connectivity index (χ0n) is 7.09. The van der Waals surface area contributed by atoms with Gasteiger partial charge < -0.3 is 10.1 Å². The molecule has 0 bridgehead atoms. The molecule has 1 saturated heterocycles. The highest BCUT2D eigenvalue weighted by atomic mass is 35.5. The number of halogens is 2. The van der Waals surface area contributed by atoms with Crippen LogP contribution in [0.2, 0.25) is 10.0 Å². The van der Waals surface area contributed by atoms with E-state index in [1.807, 2.05) is 0 Å². The third-order valence-electron chi connectivity index (χ3n) is 2.01. The summed E-state index contributed by atoms with van der Waals surface area (Å²) >= 11 is 11.8. The number of cyclic esters (lactones) is 1. The van der Waals surface area contributed by atoms with Gasteiger partial charge in [0, 0.05) is 10.0 Å². The molecular weight excluding hydrogens is 225 g/mol. The van der Waals surface area contributed by atoms with Gasteiger partial charge in [-0.2, -0.15) is 0 Å². The van der Waals surface area contributed by atoms with Gasteiger partial charge in [-0.25, -0.2) is 4.79 Å². The van der Waals surface area contributed by atoms with Crippen molar-refractivity contribution in [3.8, 4) is 0 Å². The Bertz CT molecular complexity index is 381. The van der Waals surface area contributed by atoms with E-state index in [0.717, 1.165) is 5.56 Å². The topological polar surface area (TPSA) is 38.3 Å². The van der Waals surface area contributed by atoms with Crippen LogP contribution in [0.4, 0.5) is 4.79 Å². The van der Waals surface area contributed by atoms with Crippen molar-refractivity contribution in [2.24, 2.45) is 0 Å². The zero-order valence-corrected chi connectivity index (χ0v) is 8.60. The monoisotopic (exact) mass is 231 g/mol. The molecule has 1 atom stereocenters. The second-order valence-corrected chi connectivity index (χ2v) is 3.80. The molecule has 0 radical (unpaired) electrons. The Hall–Kier alpha value is -0.930. The maximum absolute atomic E-state index is 10.8. The Labute approximate surface area is 91.0 Å². The van der Waals surface area contributed by atoms with Crippen LogP contribution in [0, 0.1) is 0 Å². The number of hydrogen-bond acceptors (Lipinski definition) is 2. The first-order chi connectivity index (χ1) is 6.66. The molecule has 1 aliphatic heterocycles. The Morgan fingerprint density at radius 1 is 1.43 bits per heavy atom. The third kappa shape index (κ3) is 1.79. The Morgan fingerprint density at radius 3 is 2.86 bits per heavy atom. The summed E-state index contributed by atoms with van der Waals surface area (Å²) in [5.74, 6) is 0. The van der Waals surface area contributed by atoms with Crippen molar-refractivity contribution < 1.29 is 9.53 Å². The summed E-state index contributed by atoms with van der Waals surface area (Å²) in [4.78, 5) is 10.8. The quantitative estimate of drug-likeness (QED) is 0.808. The molecule has 1 heterocycles. The minimum atomic E-state index is -0.425. The molecule has 0 saturated carbocycles. The first-order valence-electron chi connectivity index (χ1n) is 4.05. The van der Waals surface area contributed by atoms with Crippen molar-refractivity contribution in [1.29, 1.82) is 0 Å². The number of nitrogens with one attached hydrogen (secondary N) is 1. The molecule has 0 aromatic heterocycles. The van der Waals surface area contributed by atoms with Gasteiger partial charge in [0.15, 0.2) is 0 Å². The van der Waals surface area contributed by atoms with E-state index in [-0.39, 0.29) is 6.04 Å². The summed E-state index contributed by atoms with van der Waals surface area (Å²) < 4.78 is 4.76. The highest BCUT2D eigenvalue weighted by Gasteiger charge is 2.25. The SMILES string of the molecule is O=C1N[C@@H](c2cc(Cl)ccc2Cl)CO1. The fourth-order valence-electron chi connectivity index (χ4n) is 1.33. The van der Waals surface area contributed by atoms with Crippen molar-refractivity contribution in [3.63, 3.8) is 0 Å². The van der Waals surface area contributed by atoms with Gasteiger partial charge in [0.1, 0.15) is 6.61 Å². The molecule has 0 aliphatic carbocycles. The number of ether oxygens (including phenoxy) is 1. The predicted octanol–water partition coefficient (Wildman–Crippen LogP) is 2.77. The molecule has 0 spiro atoms. The van der Waals surface area contributed by atoms with Gasteiger partial charge in [0.05, 0.1) is 6.04 Å². The second kappa shape index (κ2) is 3.67. The summed E-state index contributed by atoms with van der Waals surface area (Å²) in [5.41, 5.74) is 0.782. The number of carbonyl (C=O) groups excluding carboxylic acids is 1. The lowest BCUT2D eigenvalue weighted by atomic mass is 10.1. The van der Waals surface area contributed by atoms with E-state index < -0.39 is 6.09 Å². The van der Waals surface area contributed by atoms with E-state index in [9.17, 15) is 4.79 Å². The van der Waals surface area contributed by atoms with E-state index >= 15 is 0 Å². The first kappa shape index (κ1) is 9.62. The molecule has 0 unspecified atom stereocenters. The Kier molecular flexibility index (Phi) is 2.52. The highest BCUT2D eigenvalue weighted by molar-refractivity contribution is 6.33. The van der Waals surface area contributed by atoms with Crippen LogP contribution >= 0.6 is 23.2 Å². The summed E-state index contributed by atoms with van der Waals surface area (Å²) in [5, 5.41) is 3.80. The molecule has 1 amide bonds. The van der Waals surface area contributed by atoms with Crippen LogP contribution in [-0.2, 0) is 4.74 Å².